The number of methoxy groups -OCH3 is 1. The molecule has 1 aliphatic rings. The third-order valence-corrected chi connectivity index (χ3v) is 7.16. The van der Waals surface area contributed by atoms with Gasteiger partial charge in [-0.25, -0.2) is 0 Å². The van der Waals surface area contributed by atoms with Gasteiger partial charge in [-0.05, 0) is 35.9 Å². The number of carbonyl (C=O) groups excluding carboxylic acids is 1. The Morgan fingerprint density at radius 3 is 2.58 bits per heavy atom. The number of nitrogens with zero attached hydrogens (tertiary/aromatic N) is 4. The van der Waals surface area contributed by atoms with E-state index in [0.717, 1.165) is 22.8 Å². The van der Waals surface area contributed by atoms with E-state index in [1.165, 1.54) is 17.3 Å². The zero-order chi connectivity index (χ0) is 23.6. The first-order valence-electron chi connectivity index (χ1n) is 10.7. The first-order valence-corrected chi connectivity index (χ1v) is 12.1. The molecule has 1 aliphatic heterocycles. The molecule has 2 aromatic carbocycles. The molecule has 0 saturated heterocycles. The highest BCUT2D eigenvalue weighted by Crippen LogP contribution is 2.46. The standard InChI is InChI=1S/C25H27ClN4O2S/c1-25(2)20-7-5-6-8-21(20)29(3)22(25)15-19(31)16-33-24-28-27-23(30(24)13-14-32-4)17-9-11-18(26)12-10-17/h5-12,15H,13-14,16H2,1-4H3/b22-15+. The highest BCUT2D eigenvalue weighted by Gasteiger charge is 2.38. The van der Waals surface area contributed by atoms with E-state index in [1.807, 2.05) is 48.0 Å². The first kappa shape index (κ1) is 23.5. The van der Waals surface area contributed by atoms with Gasteiger partial charge in [0.05, 0.1) is 18.9 Å². The minimum atomic E-state index is -0.230. The van der Waals surface area contributed by atoms with Crippen molar-refractivity contribution in [1.29, 1.82) is 0 Å². The van der Waals surface area contributed by atoms with E-state index >= 15 is 0 Å². The summed E-state index contributed by atoms with van der Waals surface area (Å²) in [6.07, 6.45) is 1.77. The van der Waals surface area contributed by atoms with Crippen LogP contribution in [0.3, 0.4) is 0 Å². The Bertz CT molecular complexity index is 1190. The number of carbonyl (C=O) groups is 1. The van der Waals surface area contributed by atoms with Crippen LogP contribution in [0.25, 0.3) is 11.4 Å². The lowest BCUT2D eigenvalue weighted by molar-refractivity contribution is -0.112. The number of fused-ring (bicyclic) bond motifs is 1. The lowest BCUT2D eigenvalue weighted by Gasteiger charge is -2.23. The number of ketones is 1. The van der Waals surface area contributed by atoms with Gasteiger partial charge >= 0.3 is 0 Å². The second-order valence-electron chi connectivity index (χ2n) is 8.44. The number of halogens is 1. The summed E-state index contributed by atoms with van der Waals surface area (Å²) in [5.74, 6) is 1.04. The fourth-order valence-corrected chi connectivity index (χ4v) is 5.09. The van der Waals surface area contributed by atoms with Crippen LogP contribution < -0.4 is 4.90 Å². The lowest BCUT2D eigenvalue weighted by Crippen LogP contribution is -2.24. The maximum absolute atomic E-state index is 13.0. The predicted octanol–water partition coefficient (Wildman–Crippen LogP) is 5.22. The summed E-state index contributed by atoms with van der Waals surface area (Å²) in [6.45, 7) is 5.41. The number of anilines is 1. The molecule has 0 fully saturated rings. The molecular weight excluding hydrogens is 456 g/mol. The van der Waals surface area contributed by atoms with Crippen molar-refractivity contribution in [3.05, 3.63) is 70.9 Å². The second kappa shape index (κ2) is 9.71. The monoisotopic (exact) mass is 482 g/mol. The van der Waals surface area contributed by atoms with Crippen molar-refractivity contribution < 1.29 is 9.53 Å². The van der Waals surface area contributed by atoms with Crippen LogP contribution in [-0.2, 0) is 21.5 Å². The number of ether oxygens (including phenoxy) is 1. The summed E-state index contributed by atoms with van der Waals surface area (Å²) in [5, 5.41) is 10.1. The predicted molar refractivity (Wildman–Crippen MR) is 134 cm³/mol. The molecule has 8 heteroatoms. The molecule has 33 heavy (non-hydrogen) atoms. The Labute approximate surface area is 203 Å². The molecular formula is C25H27ClN4O2S. The van der Waals surface area contributed by atoms with Gasteiger partial charge in [0.15, 0.2) is 16.8 Å². The van der Waals surface area contributed by atoms with Gasteiger partial charge in [-0.15, -0.1) is 10.2 Å². The van der Waals surface area contributed by atoms with Crippen molar-refractivity contribution in [1.82, 2.24) is 14.8 Å². The Morgan fingerprint density at radius 1 is 1.15 bits per heavy atom. The number of likely N-dealkylation sites (N-methyl/N-ethyl adjacent to an activating group) is 1. The Morgan fingerprint density at radius 2 is 1.88 bits per heavy atom. The molecule has 6 nitrogen and oxygen atoms in total. The maximum Gasteiger partial charge on any atom is 0.192 e. The molecule has 0 saturated carbocycles. The van der Waals surface area contributed by atoms with Crippen LogP contribution in [-0.4, -0.2) is 47.1 Å². The van der Waals surface area contributed by atoms with Crippen molar-refractivity contribution in [3.8, 4) is 11.4 Å². The van der Waals surface area contributed by atoms with Gasteiger partial charge in [0.25, 0.3) is 0 Å². The Kier molecular flexibility index (Phi) is 6.93. The molecule has 0 amide bonds. The summed E-state index contributed by atoms with van der Waals surface area (Å²) in [4.78, 5) is 15.1. The molecule has 1 aromatic heterocycles. The average Bonchev–Trinajstić information content (AvgIpc) is 3.29. The van der Waals surface area contributed by atoms with Crippen LogP contribution in [0, 0.1) is 0 Å². The molecule has 0 unspecified atom stereocenters. The summed E-state index contributed by atoms with van der Waals surface area (Å²) in [6, 6.07) is 15.8. The molecule has 0 radical (unpaired) electrons. The third-order valence-electron chi connectivity index (χ3n) is 5.92. The lowest BCUT2D eigenvalue weighted by atomic mass is 9.83. The van der Waals surface area contributed by atoms with Crippen molar-refractivity contribution in [3.63, 3.8) is 0 Å². The quantitative estimate of drug-likeness (QED) is 0.324. The van der Waals surface area contributed by atoms with E-state index in [2.05, 4.69) is 41.1 Å². The van der Waals surface area contributed by atoms with Crippen molar-refractivity contribution in [2.24, 2.45) is 0 Å². The Hall–Kier alpha value is -2.61. The van der Waals surface area contributed by atoms with Crippen molar-refractivity contribution in [2.75, 3.05) is 31.4 Å². The van der Waals surface area contributed by atoms with Gasteiger partial charge in [-0.2, -0.15) is 0 Å². The number of para-hydroxylation sites is 1. The van der Waals surface area contributed by atoms with Crippen LogP contribution in [0.5, 0.6) is 0 Å². The molecule has 4 rings (SSSR count). The van der Waals surface area contributed by atoms with Crippen LogP contribution in [0.1, 0.15) is 19.4 Å². The van der Waals surface area contributed by atoms with Crippen LogP contribution in [0.15, 0.2) is 65.5 Å². The van der Waals surface area contributed by atoms with E-state index in [1.54, 1.807) is 13.2 Å². The zero-order valence-electron chi connectivity index (χ0n) is 19.2. The number of aromatic nitrogens is 3. The van der Waals surface area contributed by atoms with Gasteiger partial charge in [-0.3, -0.25) is 9.36 Å². The fraction of sp³-hybridized carbons (Fsp3) is 0.320. The van der Waals surface area contributed by atoms with E-state index in [4.69, 9.17) is 16.3 Å². The summed E-state index contributed by atoms with van der Waals surface area (Å²) < 4.78 is 7.26. The summed E-state index contributed by atoms with van der Waals surface area (Å²) in [7, 11) is 3.67. The van der Waals surface area contributed by atoms with E-state index in [-0.39, 0.29) is 17.0 Å². The third kappa shape index (κ3) is 4.71. The van der Waals surface area contributed by atoms with Gasteiger partial charge in [0.2, 0.25) is 0 Å². The highest BCUT2D eigenvalue weighted by atomic mass is 35.5. The zero-order valence-corrected chi connectivity index (χ0v) is 20.8. The van der Waals surface area contributed by atoms with Crippen LogP contribution in [0.4, 0.5) is 5.69 Å². The number of thioether (sulfide) groups is 1. The van der Waals surface area contributed by atoms with Gasteiger partial charge in [0, 0.05) is 47.6 Å². The number of hydrogen-bond donors (Lipinski definition) is 0. The largest absolute Gasteiger partial charge is 0.383 e. The normalized spacial score (nSPS) is 15.8. The molecule has 0 aliphatic carbocycles. The SMILES string of the molecule is COCCn1c(SCC(=O)/C=C2/N(C)c3ccccc3C2(C)C)nnc1-c1ccc(Cl)cc1. The van der Waals surface area contributed by atoms with Crippen molar-refractivity contribution in [2.45, 2.75) is 31.0 Å². The topological polar surface area (TPSA) is 60.2 Å². The summed E-state index contributed by atoms with van der Waals surface area (Å²) in [5.41, 5.74) is 4.05. The van der Waals surface area contributed by atoms with Crippen LogP contribution in [0.2, 0.25) is 5.02 Å². The fourth-order valence-electron chi connectivity index (χ4n) is 4.18. The second-order valence-corrected chi connectivity index (χ2v) is 9.82. The maximum atomic E-state index is 13.0. The number of hydrogen-bond acceptors (Lipinski definition) is 6. The highest BCUT2D eigenvalue weighted by molar-refractivity contribution is 7.99. The molecule has 3 aromatic rings. The van der Waals surface area contributed by atoms with Gasteiger partial charge < -0.3 is 9.64 Å². The minimum Gasteiger partial charge on any atom is -0.383 e. The average molecular weight is 483 g/mol. The van der Waals surface area contributed by atoms with Gasteiger partial charge in [-0.1, -0.05) is 55.4 Å². The smallest absolute Gasteiger partial charge is 0.192 e. The number of rotatable bonds is 8. The molecule has 0 atom stereocenters. The Balaban J connectivity index is 1.53. The van der Waals surface area contributed by atoms with E-state index in [9.17, 15) is 4.79 Å². The number of benzene rings is 2. The minimum absolute atomic E-state index is 0.0389. The van der Waals surface area contributed by atoms with E-state index < -0.39 is 0 Å². The molecule has 0 bridgehead atoms. The molecule has 0 N–H and O–H groups in total. The molecule has 0 spiro atoms. The number of allylic oxidation sites excluding steroid dienone is 2. The summed E-state index contributed by atoms with van der Waals surface area (Å²) >= 11 is 7.42. The molecule has 2 heterocycles. The van der Waals surface area contributed by atoms with Crippen molar-refractivity contribution >= 4 is 34.8 Å². The first-order chi connectivity index (χ1) is 15.8. The molecule has 172 valence electrons. The van der Waals surface area contributed by atoms with Crippen LogP contribution >= 0.6 is 23.4 Å². The van der Waals surface area contributed by atoms with Gasteiger partial charge in [0.1, 0.15) is 0 Å². The van der Waals surface area contributed by atoms with E-state index in [0.29, 0.717) is 23.3 Å².